The Kier molecular flexibility index (Phi) is 2.55. The Balaban J connectivity index is 1.84. The quantitative estimate of drug-likeness (QED) is 0.795. The number of hydrogen-bond donors (Lipinski definition) is 0. The maximum atomic E-state index is 12.2. The highest BCUT2D eigenvalue weighted by atomic mass is 16.5. The van der Waals surface area contributed by atoms with Gasteiger partial charge in [0, 0.05) is 6.42 Å². The molecule has 0 unspecified atom stereocenters. The zero-order chi connectivity index (χ0) is 12.0. The van der Waals surface area contributed by atoms with Crippen molar-refractivity contribution in [3.8, 4) is 0 Å². The molecule has 3 rings (SSSR count). The summed E-state index contributed by atoms with van der Waals surface area (Å²) in [5.74, 6) is 0.913. The molecule has 2 aliphatic rings. The van der Waals surface area contributed by atoms with Crippen LogP contribution >= 0.6 is 0 Å². The van der Waals surface area contributed by atoms with Gasteiger partial charge in [-0.3, -0.25) is 4.79 Å². The molecule has 1 fully saturated rings. The van der Waals surface area contributed by atoms with Crippen molar-refractivity contribution >= 4 is 5.78 Å². The Morgan fingerprint density at radius 3 is 2.76 bits per heavy atom. The zero-order valence-corrected chi connectivity index (χ0v) is 10.3. The van der Waals surface area contributed by atoms with Gasteiger partial charge < -0.3 is 4.74 Å². The summed E-state index contributed by atoms with van der Waals surface area (Å²) < 4.78 is 5.94. The van der Waals surface area contributed by atoms with Crippen molar-refractivity contribution in [2.24, 2.45) is 11.8 Å². The number of rotatable bonds is 3. The topological polar surface area (TPSA) is 26.3 Å². The van der Waals surface area contributed by atoms with E-state index in [0.29, 0.717) is 18.1 Å². The summed E-state index contributed by atoms with van der Waals surface area (Å²) >= 11 is 0. The van der Waals surface area contributed by atoms with Crippen LogP contribution in [0.3, 0.4) is 0 Å². The number of fused-ring (bicyclic) bond motifs is 5. The van der Waals surface area contributed by atoms with Crippen LogP contribution in [-0.4, -0.2) is 5.78 Å². The van der Waals surface area contributed by atoms with E-state index in [-0.39, 0.29) is 18.1 Å². The molecule has 2 heterocycles. The van der Waals surface area contributed by atoms with Crippen LogP contribution in [0.1, 0.15) is 50.0 Å². The van der Waals surface area contributed by atoms with Crippen molar-refractivity contribution in [2.75, 3.05) is 0 Å². The molecule has 3 atom stereocenters. The Morgan fingerprint density at radius 1 is 1.35 bits per heavy atom. The van der Waals surface area contributed by atoms with Crippen LogP contribution in [-0.2, 0) is 9.53 Å². The Morgan fingerprint density at radius 2 is 2.06 bits per heavy atom. The van der Waals surface area contributed by atoms with E-state index in [9.17, 15) is 4.79 Å². The lowest BCUT2D eigenvalue weighted by Crippen LogP contribution is -2.21. The first-order valence-corrected chi connectivity index (χ1v) is 6.44. The minimum absolute atomic E-state index is 0.0300. The molecule has 0 aromatic heterocycles. The van der Waals surface area contributed by atoms with E-state index in [1.54, 1.807) is 0 Å². The van der Waals surface area contributed by atoms with Crippen molar-refractivity contribution < 1.29 is 9.53 Å². The molecule has 90 valence electrons. The summed E-state index contributed by atoms with van der Waals surface area (Å²) in [7, 11) is 0. The van der Waals surface area contributed by atoms with Crippen molar-refractivity contribution in [3.63, 3.8) is 0 Å². The van der Waals surface area contributed by atoms with Crippen LogP contribution in [0.25, 0.3) is 0 Å². The number of Topliss-reactive ketones (excluding diaryl/α,β-unsaturated/α-hetero) is 1. The van der Waals surface area contributed by atoms with Crippen LogP contribution in [0.2, 0.25) is 0 Å². The van der Waals surface area contributed by atoms with Gasteiger partial charge in [0.2, 0.25) is 0 Å². The van der Waals surface area contributed by atoms with E-state index >= 15 is 0 Å². The second kappa shape index (κ2) is 3.95. The first-order chi connectivity index (χ1) is 8.16. The molecular weight excluding hydrogens is 212 g/mol. The van der Waals surface area contributed by atoms with E-state index < -0.39 is 0 Å². The molecule has 0 amide bonds. The van der Waals surface area contributed by atoms with Crippen LogP contribution in [0, 0.1) is 11.8 Å². The van der Waals surface area contributed by atoms with Crippen LogP contribution in [0.5, 0.6) is 0 Å². The summed E-state index contributed by atoms with van der Waals surface area (Å²) in [5.41, 5.74) is 2.54. The molecule has 0 aliphatic carbocycles. The smallest absolute Gasteiger partial charge is 0.139 e. The van der Waals surface area contributed by atoms with Crippen molar-refractivity contribution in [1.82, 2.24) is 0 Å². The van der Waals surface area contributed by atoms with E-state index in [4.69, 9.17) is 4.74 Å². The van der Waals surface area contributed by atoms with E-state index in [2.05, 4.69) is 26.0 Å². The Labute approximate surface area is 102 Å². The Hall–Kier alpha value is -1.15. The number of benzene rings is 1. The molecule has 0 radical (unpaired) electrons. The number of hydrogen-bond acceptors (Lipinski definition) is 2. The molecule has 2 heteroatoms. The summed E-state index contributed by atoms with van der Waals surface area (Å²) in [5, 5.41) is 0. The van der Waals surface area contributed by atoms with E-state index in [1.165, 1.54) is 11.1 Å². The van der Waals surface area contributed by atoms with Gasteiger partial charge in [0.05, 0.1) is 18.1 Å². The molecular formula is C15H18O2. The average Bonchev–Trinajstić information content (AvgIpc) is 2.86. The minimum atomic E-state index is 0.0300. The lowest BCUT2D eigenvalue weighted by Gasteiger charge is -2.20. The Bertz CT molecular complexity index is 450. The first kappa shape index (κ1) is 11.0. The molecule has 2 aliphatic heterocycles. The van der Waals surface area contributed by atoms with Gasteiger partial charge in [0.15, 0.2) is 0 Å². The summed E-state index contributed by atoms with van der Waals surface area (Å²) in [4.78, 5) is 12.2. The fourth-order valence-electron chi connectivity index (χ4n) is 3.09. The zero-order valence-electron chi connectivity index (χ0n) is 10.3. The number of carbonyl (C=O) groups is 1. The molecule has 0 N–H and O–H groups in total. The third kappa shape index (κ3) is 1.71. The molecule has 0 saturated carbocycles. The molecule has 1 aromatic rings. The van der Waals surface area contributed by atoms with Gasteiger partial charge in [-0.15, -0.1) is 0 Å². The van der Waals surface area contributed by atoms with Gasteiger partial charge in [-0.2, -0.15) is 0 Å². The normalized spacial score (nSPS) is 29.7. The molecule has 1 saturated heterocycles. The van der Waals surface area contributed by atoms with Crippen LogP contribution in [0.15, 0.2) is 24.3 Å². The third-order valence-electron chi connectivity index (χ3n) is 3.82. The van der Waals surface area contributed by atoms with Gasteiger partial charge in [-0.05, 0) is 23.5 Å². The fourth-order valence-corrected chi connectivity index (χ4v) is 3.09. The van der Waals surface area contributed by atoms with Crippen molar-refractivity contribution in [1.29, 1.82) is 0 Å². The van der Waals surface area contributed by atoms with Crippen molar-refractivity contribution in [2.45, 2.75) is 38.9 Å². The summed E-state index contributed by atoms with van der Waals surface area (Å²) in [6.07, 6.45) is 1.76. The van der Waals surface area contributed by atoms with Crippen LogP contribution in [0.4, 0.5) is 0 Å². The monoisotopic (exact) mass is 230 g/mol. The fraction of sp³-hybridized carbons (Fsp3) is 0.533. The number of ketones is 1. The van der Waals surface area contributed by atoms with Gasteiger partial charge in [-0.1, -0.05) is 38.1 Å². The van der Waals surface area contributed by atoms with E-state index in [1.807, 2.05) is 12.1 Å². The maximum absolute atomic E-state index is 12.2. The van der Waals surface area contributed by atoms with Gasteiger partial charge in [0.1, 0.15) is 5.78 Å². The highest BCUT2D eigenvalue weighted by Crippen LogP contribution is 2.54. The third-order valence-corrected chi connectivity index (χ3v) is 3.82. The second-order valence-corrected chi connectivity index (χ2v) is 5.58. The lowest BCUT2D eigenvalue weighted by molar-refractivity contribution is -0.125. The summed E-state index contributed by atoms with van der Waals surface area (Å²) in [6.45, 7) is 4.19. The standard InChI is InChI=1S/C15H18O2/c1-9(2)7-13(16)12-8-14-10-5-3-4-6-11(10)15(12)17-14/h3-6,9,12,14-15H,7-8H2,1-2H3/t12-,14-,15-/m1/s1. The SMILES string of the molecule is CC(C)CC(=O)[C@H]1C[C@H]2O[C@@H]1c1ccccc12. The van der Waals surface area contributed by atoms with Crippen molar-refractivity contribution in [3.05, 3.63) is 35.4 Å². The molecule has 2 bridgehead atoms. The highest BCUT2D eigenvalue weighted by molar-refractivity contribution is 5.83. The summed E-state index contributed by atoms with van der Waals surface area (Å²) in [6, 6.07) is 8.32. The largest absolute Gasteiger partial charge is 0.365 e. The lowest BCUT2D eigenvalue weighted by atomic mass is 9.80. The first-order valence-electron chi connectivity index (χ1n) is 6.44. The number of ether oxygens (including phenoxy) is 1. The van der Waals surface area contributed by atoms with E-state index in [0.717, 1.165) is 6.42 Å². The second-order valence-electron chi connectivity index (χ2n) is 5.58. The number of carbonyl (C=O) groups excluding carboxylic acids is 1. The molecule has 1 aromatic carbocycles. The molecule has 0 spiro atoms. The van der Waals surface area contributed by atoms with Gasteiger partial charge in [-0.25, -0.2) is 0 Å². The predicted octanol–water partition coefficient (Wildman–Crippen LogP) is 3.43. The maximum Gasteiger partial charge on any atom is 0.139 e. The average molecular weight is 230 g/mol. The molecule has 17 heavy (non-hydrogen) atoms. The molecule has 2 nitrogen and oxygen atoms in total. The minimum Gasteiger partial charge on any atom is -0.365 e. The van der Waals surface area contributed by atoms with Gasteiger partial charge in [0.25, 0.3) is 0 Å². The van der Waals surface area contributed by atoms with Gasteiger partial charge >= 0.3 is 0 Å². The predicted molar refractivity (Wildman–Crippen MR) is 65.6 cm³/mol. The van der Waals surface area contributed by atoms with Crippen LogP contribution < -0.4 is 0 Å². The highest BCUT2D eigenvalue weighted by Gasteiger charge is 2.47.